The van der Waals surface area contributed by atoms with Gasteiger partial charge in [-0.1, -0.05) is 6.07 Å². The van der Waals surface area contributed by atoms with Gasteiger partial charge in [0.15, 0.2) is 0 Å². The van der Waals surface area contributed by atoms with Crippen molar-refractivity contribution in [2.75, 3.05) is 59.1 Å². The van der Waals surface area contributed by atoms with Crippen LogP contribution in [0.25, 0.3) is 11.0 Å². The van der Waals surface area contributed by atoms with Crippen LogP contribution >= 0.6 is 0 Å². The van der Waals surface area contributed by atoms with Crippen molar-refractivity contribution in [3.8, 4) is 0 Å². The van der Waals surface area contributed by atoms with Gasteiger partial charge in [0.05, 0.1) is 11.0 Å². The molecular formula is C24H36N6O3. The molecule has 5 rings (SSSR count). The van der Waals surface area contributed by atoms with Crippen LogP contribution in [0.3, 0.4) is 0 Å². The molecule has 1 amide bonds. The van der Waals surface area contributed by atoms with Crippen LogP contribution in [0.5, 0.6) is 0 Å². The molecular weight excluding hydrogens is 420 g/mol. The topological polar surface area (TPSA) is 86.0 Å². The number of fused-ring (bicyclic) bond motifs is 1. The summed E-state index contributed by atoms with van der Waals surface area (Å²) in [6.45, 7) is 8.96. The standard InChI is InChI=1S/C24H36N6O3/c1-26-22-14-19(16-28-12-10-27(11-13-28)15-18-4-7-25-8-5-18)2-3-20(22)30(24(26)33)21-6-9-29(17-31)23(21)32/h2-3,14,18,21,25,31H,4-13,15-17H2,1H3. The predicted molar refractivity (Wildman–Crippen MR) is 127 cm³/mol. The number of likely N-dealkylation sites (tertiary alicyclic amines) is 1. The smallest absolute Gasteiger partial charge is 0.329 e. The highest BCUT2D eigenvalue weighted by Gasteiger charge is 2.35. The van der Waals surface area contributed by atoms with E-state index in [4.69, 9.17) is 0 Å². The van der Waals surface area contributed by atoms with Crippen LogP contribution in [0.2, 0.25) is 0 Å². The van der Waals surface area contributed by atoms with E-state index < -0.39 is 6.04 Å². The maximum atomic E-state index is 13.0. The lowest BCUT2D eigenvalue weighted by Gasteiger charge is -2.37. The molecule has 1 unspecified atom stereocenters. The maximum Gasteiger partial charge on any atom is 0.329 e. The van der Waals surface area contributed by atoms with Crippen molar-refractivity contribution in [1.82, 2.24) is 29.2 Å². The van der Waals surface area contributed by atoms with E-state index >= 15 is 0 Å². The number of carbonyl (C=O) groups is 1. The Labute approximate surface area is 194 Å². The molecule has 9 heteroatoms. The van der Waals surface area contributed by atoms with Gasteiger partial charge in [0.25, 0.3) is 0 Å². The number of aliphatic hydroxyl groups is 1. The lowest BCUT2D eigenvalue weighted by Crippen LogP contribution is -2.48. The molecule has 2 N–H and O–H groups in total. The van der Waals surface area contributed by atoms with Crippen molar-refractivity contribution in [1.29, 1.82) is 0 Å². The van der Waals surface area contributed by atoms with Gasteiger partial charge in [-0.15, -0.1) is 0 Å². The maximum absolute atomic E-state index is 13.0. The minimum atomic E-state index is -0.535. The zero-order valence-corrected chi connectivity index (χ0v) is 19.6. The number of piperidine rings is 1. The molecule has 3 aliphatic rings. The van der Waals surface area contributed by atoms with Gasteiger partial charge in [-0.3, -0.25) is 18.8 Å². The van der Waals surface area contributed by atoms with E-state index in [1.165, 1.54) is 29.8 Å². The Morgan fingerprint density at radius 2 is 1.70 bits per heavy atom. The number of benzene rings is 1. The van der Waals surface area contributed by atoms with Crippen molar-refractivity contribution in [2.45, 2.75) is 31.8 Å². The predicted octanol–water partition coefficient (Wildman–Crippen LogP) is 0.180. The average Bonchev–Trinajstić information content (AvgIpc) is 3.32. The van der Waals surface area contributed by atoms with E-state index in [0.29, 0.717) is 13.0 Å². The highest BCUT2D eigenvalue weighted by atomic mass is 16.3. The molecule has 0 spiro atoms. The summed E-state index contributed by atoms with van der Waals surface area (Å²) in [5, 5.41) is 12.8. The number of nitrogens with zero attached hydrogens (tertiary/aromatic N) is 5. The van der Waals surface area contributed by atoms with E-state index in [1.54, 1.807) is 16.2 Å². The number of aryl methyl sites for hydroxylation is 1. The summed E-state index contributed by atoms with van der Waals surface area (Å²) < 4.78 is 3.25. The monoisotopic (exact) mass is 456 g/mol. The van der Waals surface area contributed by atoms with Gasteiger partial charge < -0.3 is 20.2 Å². The molecule has 180 valence electrons. The number of aliphatic hydroxyl groups excluding tert-OH is 1. The number of amides is 1. The van der Waals surface area contributed by atoms with E-state index in [9.17, 15) is 14.7 Å². The van der Waals surface area contributed by atoms with E-state index in [2.05, 4.69) is 27.2 Å². The summed E-state index contributed by atoms with van der Waals surface area (Å²) >= 11 is 0. The summed E-state index contributed by atoms with van der Waals surface area (Å²) in [6.07, 6.45) is 3.13. The summed E-state index contributed by atoms with van der Waals surface area (Å²) in [7, 11) is 1.77. The Bertz CT molecular complexity index is 1050. The first-order valence-electron chi connectivity index (χ1n) is 12.3. The number of hydrogen-bond acceptors (Lipinski definition) is 6. The summed E-state index contributed by atoms with van der Waals surface area (Å²) in [4.78, 5) is 32.1. The van der Waals surface area contributed by atoms with Crippen LogP contribution in [0.1, 0.15) is 30.9 Å². The number of piperazine rings is 1. The molecule has 1 aromatic carbocycles. The second kappa shape index (κ2) is 9.58. The third-order valence-electron chi connectivity index (χ3n) is 7.75. The first-order chi connectivity index (χ1) is 16.0. The van der Waals surface area contributed by atoms with Gasteiger partial charge in [0.1, 0.15) is 12.8 Å². The Morgan fingerprint density at radius 1 is 0.970 bits per heavy atom. The Kier molecular flexibility index (Phi) is 6.56. The first kappa shape index (κ1) is 22.6. The summed E-state index contributed by atoms with van der Waals surface area (Å²) in [5.41, 5.74) is 2.66. The number of carbonyl (C=O) groups excluding carboxylic acids is 1. The number of rotatable bonds is 6. The molecule has 3 aliphatic heterocycles. The molecule has 0 bridgehead atoms. The summed E-state index contributed by atoms with van der Waals surface area (Å²) in [5.74, 6) is 0.653. The van der Waals surface area contributed by atoms with Crippen LogP contribution in [0, 0.1) is 5.92 Å². The van der Waals surface area contributed by atoms with Crippen molar-refractivity contribution in [3.63, 3.8) is 0 Å². The molecule has 4 heterocycles. The molecule has 1 atom stereocenters. The second-order valence-corrected chi connectivity index (χ2v) is 9.85. The van der Waals surface area contributed by atoms with E-state index in [1.807, 2.05) is 6.07 Å². The molecule has 0 aliphatic carbocycles. The molecule has 0 saturated carbocycles. The van der Waals surface area contributed by atoms with Gasteiger partial charge in [-0.2, -0.15) is 0 Å². The normalized spacial score (nSPS) is 23.8. The Morgan fingerprint density at radius 3 is 2.39 bits per heavy atom. The van der Waals surface area contributed by atoms with Crippen LogP contribution in [-0.4, -0.2) is 93.9 Å². The lowest BCUT2D eigenvalue weighted by atomic mass is 9.97. The van der Waals surface area contributed by atoms with Gasteiger partial charge in [-0.25, -0.2) is 4.79 Å². The van der Waals surface area contributed by atoms with Gasteiger partial charge in [0, 0.05) is 52.9 Å². The van der Waals surface area contributed by atoms with Gasteiger partial charge in [0.2, 0.25) is 5.91 Å². The molecule has 2 aromatic rings. The minimum absolute atomic E-state index is 0.174. The van der Waals surface area contributed by atoms with Crippen LogP contribution < -0.4 is 11.0 Å². The first-order valence-corrected chi connectivity index (χ1v) is 12.3. The van der Waals surface area contributed by atoms with Crippen molar-refractivity contribution >= 4 is 16.9 Å². The lowest BCUT2D eigenvalue weighted by molar-refractivity contribution is -0.133. The number of hydrogen-bond donors (Lipinski definition) is 2. The Hall–Kier alpha value is -2.20. The molecule has 3 saturated heterocycles. The van der Waals surface area contributed by atoms with Crippen molar-refractivity contribution in [2.24, 2.45) is 13.0 Å². The number of aromatic nitrogens is 2. The third kappa shape index (κ3) is 4.47. The van der Waals surface area contributed by atoms with Crippen molar-refractivity contribution in [3.05, 3.63) is 34.2 Å². The highest BCUT2D eigenvalue weighted by Crippen LogP contribution is 2.26. The SMILES string of the molecule is Cn1c(=O)n(C2CCN(CO)C2=O)c2ccc(CN3CCN(CC4CCNCC4)CC3)cc21. The molecule has 1 aromatic heterocycles. The van der Waals surface area contributed by atoms with Gasteiger partial charge >= 0.3 is 5.69 Å². The number of nitrogens with one attached hydrogen (secondary N) is 1. The minimum Gasteiger partial charge on any atom is -0.376 e. The molecule has 3 fully saturated rings. The third-order valence-corrected chi connectivity index (χ3v) is 7.75. The summed E-state index contributed by atoms with van der Waals surface area (Å²) in [6, 6.07) is 5.63. The number of imidazole rings is 1. The highest BCUT2D eigenvalue weighted by molar-refractivity contribution is 5.85. The van der Waals surface area contributed by atoms with E-state index in [0.717, 1.165) is 62.8 Å². The zero-order valence-electron chi connectivity index (χ0n) is 19.6. The van der Waals surface area contributed by atoms with Crippen LogP contribution in [0.4, 0.5) is 0 Å². The quantitative estimate of drug-likeness (QED) is 0.645. The fourth-order valence-electron chi connectivity index (χ4n) is 5.73. The average molecular weight is 457 g/mol. The molecule has 0 radical (unpaired) electrons. The molecule has 33 heavy (non-hydrogen) atoms. The zero-order chi connectivity index (χ0) is 22.9. The molecule has 9 nitrogen and oxygen atoms in total. The van der Waals surface area contributed by atoms with Crippen molar-refractivity contribution < 1.29 is 9.90 Å². The van der Waals surface area contributed by atoms with Crippen LogP contribution in [-0.2, 0) is 18.4 Å². The largest absolute Gasteiger partial charge is 0.376 e. The van der Waals surface area contributed by atoms with Gasteiger partial charge in [-0.05, 0) is 56.0 Å². The van der Waals surface area contributed by atoms with E-state index in [-0.39, 0.29) is 18.3 Å². The fourth-order valence-corrected chi connectivity index (χ4v) is 5.73. The fraction of sp³-hybridized carbons (Fsp3) is 0.667. The van der Waals surface area contributed by atoms with Crippen LogP contribution in [0.15, 0.2) is 23.0 Å². The Balaban J connectivity index is 1.25. The second-order valence-electron chi connectivity index (χ2n) is 9.85.